The Bertz CT molecular complexity index is 1070. The van der Waals surface area contributed by atoms with Gasteiger partial charge in [0.15, 0.2) is 0 Å². The molecule has 0 bridgehead atoms. The van der Waals surface area contributed by atoms with E-state index in [9.17, 15) is 27.2 Å². The van der Waals surface area contributed by atoms with Crippen LogP contribution >= 0.6 is 0 Å². The Morgan fingerprint density at radius 1 is 1.35 bits per heavy atom. The molecule has 1 aromatic carbocycles. The second-order valence-corrected chi connectivity index (χ2v) is 4.97. The molecular formula is C16H9F4N3O3. The fraction of sp³-hybridized carbons (Fsp3) is 0.188. The van der Waals surface area contributed by atoms with Gasteiger partial charge in [-0.15, -0.1) is 6.42 Å². The van der Waals surface area contributed by atoms with Gasteiger partial charge in [0.25, 0.3) is 5.56 Å². The molecule has 1 aromatic heterocycles. The minimum Gasteiger partial charge on any atom is -0.480 e. The molecule has 134 valence electrons. The molecule has 2 rings (SSSR count). The smallest absolute Gasteiger partial charge is 0.432 e. The number of rotatable bonds is 3. The number of hydrogen-bond donors (Lipinski definition) is 1. The topological polar surface area (TPSA) is 87.9 Å². The van der Waals surface area contributed by atoms with Crippen molar-refractivity contribution in [3.8, 4) is 35.3 Å². The van der Waals surface area contributed by atoms with Crippen molar-refractivity contribution >= 4 is 0 Å². The predicted molar refractivity (Wildman–Crippen MR) is 81.7 cm³/mol. The number of H-pyrrole nitrogens is 1. The van der Waals surface area contributed by atoms with Crippen molar-refractivity contribution in [1.82, 2.24) is 9.55 Å². The van der Waals surface area contributed by atoms with Crippen molar-refractivity contribution < 1.29 is 22.3 Å². The van der Waals surface area contributed by atoms with E-state index in [0.29, 0.717) is 6.07 Å². The lowest BCUT2D eigenvalue weighted by atomic mass is 10.0. The Morgan fingerprint density at radius 2 is 2.00 bits per heavy atom. The summed E-state index contributed by atoms with van der Waals surface area (Å²) >= 11 is 0. The molecule has 6 nitrogen and oxygen atoms in total. The number of hydrogen-bond acceptors (Lipinski definition) is 4. The van der Waals surface area contributed by atoms with Crippen LogP contribution in [0.5, 0.6) is 5.75 Å². The predicted octanol–water partition coefficient (Wildman–Crippen LogP) is 1.78. The van der Waals surface area contributed by atoms with Crippen molar-refractivity contribution in [3.05, 3.63) is 50.0 Å². The van der Waals surface area contributed by atoms with E-state index in [1.165, 1.54) is 0 Å². The normalized spacial score (nSPS) is 10.9. The molecule has 0 saturated carbocycles. The third-order valence-electron chi connectivity index (χ3n) is 3.36. The van der Waals surface area contributed by atoms with Crippen molar-refractivity contribution in [3.63, 3.8) is 0 Å². The van der Waals surface area contributed by atoms with Crippen LogP contribution in [0.25, 0.3) is 11.1 Å². The van der Waals surface area contributed by atoms with Gasteiger partial charge in [-0.2, -0.15) is 18.4 Å². The fourth-order valence-corrected chi connectivity index (χ4v) is 2.27. The van der Waals surface area contributed by atoms with E-state index in [4.69, 9.17) is 16.4 Å². The fourth-order valence-electron chi connectivity index (χ4n) is 2.27. The molecule has 1 N–H and O–H groups in total. The summed E-state index contributed by atoms with van der Waals surface area (Å²) in [5.74, 6) is 0.510. The summed E-state index contributed by atoms with van der Waals surface area (Å²) in [5.41, 5.74) is -6.63. The highest BCUT2D eigenvalue weighted by atomic mass is 19.4. The maximum absolute atomic E-state index is 14.4. The van der Waals surface area contributed by atoms with Crippen LogP contribution in [0.3, 0.4) is 0 Å². The standard InChI is InChI=1S/C16H9F4N3O3/c1-3-4-26-11-6-9(10(17)5-8(11)7-21)12-13(16(18,19)20)23(2)15(25)22-14(12)24/h1,5-6H,4H2,2H3,(H,22,24,25). The van der Waals surface area contributed by atoms with E-state index >= 15 is 0 Å². The molecule has 26 heavy (non-hydrogen) atoms. The van der Waals surface area contributed by atoms with Gasteiger partial charge in [-0.1, -0.05) is 5.92 Å². The zero-order valence-corrected chi connectivity index (χ0v) is 13.1. The summed E-state index contributed by atoms with van der Waals surface area (Å²) in [6.07, 6.45) is -0.112. The second kappa shape index (κ2) is 6.76. The molecule has 2 aromatic rings. The Labute approximate surface area is 143 Å². The first-order valence-corrected chi connectivity index (χ1v) is 6.82. The SMILES string of the molecule is C#CCOc1cc(-c2c(C(F)(F)F)n(C)c(=O)[nH]c2=O)c(F)cc1C#N. The molecular weight excluding hydrogens is 358 g/mol. The van der Waals surface area contributed by atoms with Crippen LogP contribution in [-0.4, -0.2) is 16.2 Å². The Hall–Kier alpha value is -3.53. The van der Waals surface area contributed by atoms with Gasteiger partial charge in [-0.25, -0.2) is 9.18 Å². The first kappa shape index (κ1) is 18.8. The number of alkyl halides is 3. The molecule has 0 spiro atoms. The molecule has 10 heteroatoms. The van der Waals surface area contributed by atoms with Crippen LogP contribution in [-0.2, 0) is 13.2 Å². The quantitative estimate of drug-likeness (QED) is 0.662. The Balaban J connectivity index is 2.92. The maximum Gasteiger partial charge on any atom is 0.432 e. The van der Waals surface area contributed by atoms with Gasteiger partial charge in [-0.05, 0) is 12.1 Å². The summed E-state index contributed by atoms with van der Waals surface area (Å²) in [6, 6.07) is 2.98. The summed E-state index contributed by atoms with van der Waals surface area (Å²) in [7, 11) is 0.780. The summed E-state index contributed by atoms with van der Waals surface area (Å²) in [6.45, 7) is -0.338. The van der Waals surface area contributed by atoms with E-state index in [1.54, 1.807) is 11.1 Å². The van der Waals surface area contributed by atoms with Gasteiger partial charge >= 0.3 is 11.9 Å². The van der Waals surface area contributed by atoms with E-state index in [2.05, 4.69) is 5.92 Å². The second-order valence-electron chi connectivity index (χ2n) is 4.97. The van der Waals surface area contributed by atoms with Crippen LogP contribution < -0.4 is 16.0 Å². The number of benzene rings is 1. The van der Waals surface area contributed by atoms with Crippen molar-refractivity contribution in [2.75, 3.05) is 6.61 Å². The van der Waals surface area contributed by atoms with E-state index in [0.717, 1.165) is 13.1 Å². The summed E-state index contributed by atoms with van der Waals surface area (Å²) in [5, 5.41) is 8.98. The molecule has 1 heterocycles. The minimum atomic E-state index is -5.13. The molecule has 0 amide bonds. The zero-order chi connectivity index (χ0) is 19.6. The lowest BCUT2D eigenvalue weighted by Crippen LogP contribution is -2.35. The molecule has 0 fully saturated rings. The monoisotopic (exact) mass is 367 g/mol. The highest BCUT2D eigenvalue weighted by Crippen LogP contribution is 2.37. The molecule has 0 aliphatic heterocycles. The number of terminal acetylenes is 1. The van der Waals surface area contributed by atoms with Crippen LogP contribution in [0.2, 0.25) is 0 Å². The summed E-state index contributed by atoms with van der Waals surface area (Å²) in [4.78, 5) is 25.2. The lowest BCUT2D eigenvalue weighted by molar-refractivity contribution is -0.143. The number of aromatic amines is 1. The van der Waals surface area contributed by atoms with Gasteiger partial charge in [0.05, 0.1) is 11.1 Å². The van der Waals surface area contributed by atoms with Gasteiger partial charge < -0.3 is 4.74 Å². The number of ether oxygens (including phenoxy) is 1. The Morgan fingerprint density at radius 3 is 2.54 bits per heavy atom. The first-order chi connectivity index (χ1) is 12.1. The van der Waals surface area contributed by atoms with Crippen LogP contribution in [0.15, 0.2) is 21.7 Å². The van der Waals surface area contributed by atoms with E-state index < -0.39 is 40.1 Å². The lowest BCUT2D eigenvalue weighted by Gasteiger charge is -2.17. The average Bonchev–Trinajstić information content (AvgIpc) is 2.55. The largest absolute Gasteiger partial charge is 0.480 e. The third-order valence-corrected chi connectivity index (χ3v) is 3.36. The number of nitrogens with one attached hydrogen (secondary N) is 1. The molecule has 0 aliphatic carbocycles. The third kappa shape index (κ3) is 3.30. The maximum atomic E-state index is 14.4. The molecule has 0 atom stereocenters. The number of nitrogens with zero attached hydrogens (tertiary/aromatic N) is 2. The van der Waals surface area contributed by atoms with Gasteiger partial charge in [0, 0.05) is 12.6 Å². The minimum absolute atomic E-state index is 0.149. The van der Waals surface area contributed by atoms with Crippen LogP contribution in [0.4, 0.5) is 17.6 Å². The van der Waals surface area contributed by atoms with Crippen molar-refractivity contribution in [2.45, 2.75) is 6.18 Å². The van der Waals surface area contributed by atoms with Crippen molar-refractivity contribution in [1.29, 1.82) is 5.26 Å². The number of aromatic nitrogens is 2. The number of nitriles is 1. The molecule has 0 aliphatic rings. The highest BCUT2D eigenvalue weighted by molar-refractivity contribution is 5.70. The Kier molecular flexibility index (Phi) is 4.89. The highest BCUT2D eigenvalue weighted by Gasteiger charge is 2.39. The van der Waals surface area contributed by atoms with E-state index in [1.807, 2.05) is 0 Å². The summed E-state index contributed by atoms with van der Waals surface area (Å²) < 4.78 is 59.7. The van der Waals surface area contributed by atoms with Crippen LogP contribution in [0.1, 0.15) is 11.3 Å². The first-order valence-electron chi connectivity index (χ1n) is 6.82. The van der Waals surface area contributed by atoms with Gasteiger partial charge in [-0.3, -0.25) is 14.3 Å². The van der Waals surface area contributed by atoms with Crippen LogP contribution in [0, 0.1) is 29.5 Å². The van der Waals surface area contributed by atoms with E-state index in [-0.39, 0.29) is 22.5 Å². The van der Waals surface area contributed by atoms with Gasteiger partial charge in [0.2, 0.25) is 0 Å². The molecule has 0 radical (unpaired) electrons. The molecule has 0 saturated heterocycles. The number of halogens is 4. The average molecular weight is 367 g/mol. The zero-order valence-electron chi connectivity index (χ0n) is 13.1. The molecule has 0 unspecified atom stereocenters. The van der Waals surface area contributed by atoms with Gasteiger partial charge in [0.1, 0.15) is 29.9 Å². The van der Waals surface area contributed by atoms with Crippen molar-refractivity contribution in [2.24, 2.45) is 7.05 Å².